The number of hydrogen-bond donors (Lipinski definition) is 1. The normalized spacial score (nSPS) is 11.4. The average Bonchev–Trinajstić information content (AvgIpc) is 3.23. The minimum Gasteiger partial charge on any atom is -0.339 e. The van der Waals surface area contributed by atoms with Crippen LogP contribution in [0.15, 0.2) is 51.8 Å². The van der Waals surface area contributed by atoms with Crippen molar-refractivity contribution in [3.63, 3.8) is 0 Å². The third-order valence-electron chi connectivity index (χ3n) is 4.67. The molecule has 1 amide bonds. The molecule has 0 saturated carbocycles. The number of imidazole rings is 1. The highest BCUT2D eigenvalue weighted by atomic mass is 35.5. The third kappa shape index (κ3) is 3.73. The molecule has 0 saturated heterocycles. The molecule has 0 unspecified atom stereocenters. The van der Waals surface area contributed by atoms with Gasteiger partial charge in [-0.1, -0.05) is 22.8 Å². The molecule has 8 nitrogen and oxygen atoms in total. The fourth-order valence-electron chi connectivity index (χ4n) is 3.40. The van der Waals surface area contributed by atoms with Gasteiger partial charge in [0.1, 0.15) is 6.54 Å². The van der Waals surface area contributed by atoms with Gasteiger partial charge in [-0.3, -0.25) is 13.9 Å². The fourth-order valence-corrected chi connectivity index (χ4v) is 3.59. The van der Waals surface area contributed by atoms with Gasteiger partial charge in [-0.15, -0.1) is 0 Å². The summed E-state index contributed by atoms with van der Waals surface area (Å²) in [4.78, 5) is 30.0. The number of anilines is 1. The van der Waals surface area contributed by atoms with Crippen LogP contribution in [0, 0.1) is 6.92 Å². The number of rotatable bonds is 5. The van der Waals surface area contributed by atoms with E-state index >= 15 is 0 Å². The first-order chi connectivity index (χ1) is 14.3. The number of carbonyl (C=O) groups excluding carboxylic acids is 1. The highest BCUT2D eigenvalue weighted by molar-refractivity contribution is 6.30. The van der Waals surface area contributed by atoms with Gasteiger partial charge in [-0.2, -0.15) is 4.98 Å². The molecular formula is C21H20ClN5O3. The van der Waals surface area contributed by atoms with Crippen LogP contribution >= 0.6 is 11.6 Å². The molecular weight excluding hydrogens is 406 g/mol. The van der Waals surface area contributed by atoms with E-state index < -0.39 is 0 Å². The lowest BCUT2D eigenvalue weighted by Gasteiger charge is -2.07. The maximum Gasteiger partial charge on any atom is 0.329 e. The molecule has 1 N–H and O–H groups in total. The first kappa shape index (κ1) is 19.9. The highest BCUT2D eigenvalue weighted by Gasteiger charge is 2.19. The van der Waals surface area contributed by atoms with Gasteiger partial charge in [0.15, 0.2) is 0 Å². The van der Waals surface area contributed by atoms with E-state index in [9.17, 15) is 9.59 Å². The molecule has 2 aromatic heterocycles. The van der Waals surface area contributed by atoms with Gasteiger partial charge < -0.3 is 9.84 Å². The van der Waals surface area contributed by atoms with Gasteiger partial charge in [0.05, 0.1) is 11.0 Å². The van der Waals surface area contributed by atoms with Gasteiger partial charge in [-0.25, -0.2) is 4.79 Å². The molecule has 30 heavy (non-hydrogen) atoms. The predicted molar refractivity (Wildman–Crippen MR) is 115 cm³/mol. The van der Waals surface area contributed by atoms with Crippen molar-refractivity contribution in [3.8, 4) is 11.4 Å². The Labute approximate surface area is 177 Å². The zero-order valence-electron chi connectivity index (χ0n) is 16.7. The first-order valence-corrected chi connectivity index (χ1v) is 9.82. The number of aromatic nitrogens is 4. The number of hydrogen-bond acceptors (Lipinski definition) is 5. The third-order valence-corrected chi connectivity index (χ3v) is 4.91. The van der Waals surface area contributed by atoms with E-state index in [-0.39, 0.29) is 24.2 Å². The fraction of sp³-hybridized carbons (Fsp3) is 0.238. The summed E-state index contributed by atoms with van der Waals surface area (Å²) >= 11 is 5.98. The molecule has 0 atom stereocenters. The van der Waals surface area contributed by atoms with E-state index in [4.69, 9.17) is 16.1 Å². The van der Waals surface area contributed by atoms with E-state index in [2.05, 4.69) is 15.5 Å². The number of carbonyl (C=O) groups is 1. The molecule has 0 bridgehead atoms. The number of amides is 1. The largest absolute Gasteiger partial charge is 0.339 e. The minimum atomic E-state index is -0.331. The topological polar surface area (TPSA) is 95.0 Å². The van der Waals surface area contributed by atoms with Gasteiger partial charge >= 0.3 is 5.69 Å². The second-order valence-electron chi connectivity index (χ2n) is 7.23. The Hall–Kier alpha value is -3.39. The van der Waals surface area contributed by atoms with Crippen LogP contribution in [-0.4, -0.2) is 25.2 Å². The van der Waals surface area contributed by atoms with E-state index in [0.717, 1.165) is 5.52 Å². The van der Waals surface area contributed by atoms with Crippen LogP contribution in [0.3, 0.4) is 0 Å². The SMILES string of the molecule is Cc1nc(-c2ccc3c(c2)n(CC(=O)Nc2cccc(Cl)c2)c(=O)n3C(C)C)no1. The summed E-state index contributed by atoms with van der Waals surface area (Å²) in [5.74, 6) is 0.542. The number of fused-ring (bicyclic) bond motifs is 1. The van der Waals surface area contributed by atoms with Crippen molar-refractivity contribution in [1.82, 2.24) is 19.3 Å². The summed E-state index contributed by atoms with van der Waals surface area (Å²) in [6, 6.07) is 12.2. The number of halogens is 1. The van der Waals surface area contributed by atoms with Crippen LogP contribution in [-0.2, 0) is 11.3 Å². The maximum atomic E-state index is 13.1. The van der Waals surface area contributed by atoms with Crippen molar-refractivity contribution in [3.05, 3.63) is 63.9 Å². The van der Waals surface area contributed by atoms with Crippen molar-refractivity contribution >= 4 is 34.2 Å². The molecule has 0 spiro atoms. The zero-order valence-corrected chi connectivity index (χ0v) is 17.5. The first-order valence-electron chi connectivity index (χ1n) is 9.44. The van der Waals surface area contributed by atoms with Crippen molar-refractivity contribution < 1.29 is 9.32 Å². The van der Waals surface area contributed by atoms with Crippen molar-refractivity contribution in [2.45, 2.75) is 33.4 Å². The van der Waals surface area contributed by atoms with Gasteiger partial charge in [-0.05, 0) is 50.2 Å². The van der Waals surface area contributed by atoms with E-state index in [1.54, 1.807) is 41.8 Å². The Balaban J connectivity index is 1.76. The Bertz CT molecular complexity index is 1300. The van der Waals surface area contributed by atoms with Crippen molar-refractivity contribution in [2.24, 2.45) is 0 Å². The number of nitrogens with zero attached hydrogens (tertiary/aromatic N) is 4. The molecule has 0 aliphatic rings. The minimum absolute atomic E-state index is 0.0736. The van der Waals surface area contributed by atoms with Gasteiger partial charge in [0.25, 0.3) is 0 Å². The van der Waals surface area contributed by atoms with Crippen LogP contribution in [0.4, 0.5) is 5.69 Å². The molecule has 9 heteroatoms. The summed E-state index contributed by atoms with van der Waals surface area (Å²) in [5, 5.41) is 7.23. The summed E-state index contributed by atoms with van der Waals surface area (Å²) in [7, 11) is 0. The monoisotopic (exact) mass is 425 g/mol. The number of aryl methyl sites for hydroxylation is 1. The quantitative estimate of drug-likeness (QED) is 0.520. The van der Waals surface area contributed by atoms with Crippen LogP contribution in [0.1, 0.15) is 25.8 Å². The lowest BCUT2D eigenvalue weighted by Crippen LogP contribution is -2.30. The van der Waals surface area contributed by atoms with E-state index in [1.165, 1.54) is 4.57 Å². The van der Waals surface area contributed by atoms with E-state index in [0.29, 0.717) is 33.5 Å². The van der Waals surface area contributed by atoms with Gasteiger partial charge in [0, 0.05) is 29.2 Å². The summed E-state index contributed by atoms with van der Waals surface area (Å²) in [6.45, 7) is 5.41. The molecule has 2 heterocycles. The van der Waals surface area contributed by atoms with E-state index in [1.807, 2.05) is 26.0 Å². The molecule has 4 aromatic rings. The van der Waals surface area contributed by atoms with Crippen LogP contribution in [0.5, 0.6) is 0 Å². The van der Waals surface area contributed by atoms with Crippen molar-refractivity contribution in [2.75, 3.05) is 5.32 Å². The molecule has 154 valence electrons. The lowest BCUT2D eigenvalue weighted by atomic mass is 10.2. The van der Waals surface area contributed by atoms with Crippen LogP contribution in [0.25, 0.3) is 22.4 Å². The highest BCUT2D eigenvalue weighted by Crippen LogP contribution is 2.24. The summed E-state index contributed by atoms with van der Waals surface area (Å²) < 4.78 is 8.17. The standard InChI is InChI=1S/C21H20ClN5O3/c1-12(2)27-17-8-7-14(20-23-13(3)30-25-20)9-18(17)26(21(27)29)11-19(28)24-16-6-4-5-15(22)10-16/h4-10,12H,11H2,1-3H3,(H,24,28). The number of benzene rings is 2. The molecule has 0 fully saturated rings. The predicted octanol–water partition coefficient (Wildman–Crippen LogP) is 4.03. The Morgan fingerprint density at radius 2 is 2.00 bits per heavy atom. The second-order valence-corrected chi connectivity index (χ2v) is 7.67. The summed E-state index contributed by atoms with van der Waals surface area (Å²) in [5.41, 5.74) is 2.35. The molecule has 0 aliphatic heterocycles. The Morgan fingerprint density at radius 1 is 1.20 bits per heavy atom. The number of nitrogens with one attached hydrogen (secondary N) is 1. The summed E-state index contributed by atoms with van der Waals surface area (Å²) in [6.07, 6.45) is 0. The Morgan fingerprint density at radius 3 is 2.67 bits per heavy atom. The second kappa shape index (κ2) is 7.79. The average molecular weight is 426 g/mol. The van der Waals surface area contributed by atoms with Crippen molar-refractivity contribution in [1.29, 1.82) is 0 Å². The Kier molecular flexibility index (Phi) is 5.17. The van der Waals surface area contributed by atoms with Crippen LogP contribution in [0.2, 0.25) is 5.02 Å². The maximum absolute atomic E-state index is 13.1. The molecule has 2 aromatic carbocycles. The van der Waals surface area contributed by atoms with Crippen LogP contribution < -0.4 is 11.0 Å². The lowest BCUT2D eigenvalue weighted by molar-refractivity contribution is -0.116. The van der Waals surface area contributed by atoms with Gasteiger partial charge in [0.2, 0.25) is 17.6 Å². The molecule has 4 rings (SSSR count). The smallest absolute Gasteiger partial charge is 0.329 e. The molecule has 0 radical (unpaired) electrons. The zero-order chi connectivity index (χ0) is 21.4. The molecule has 0 aliphatic carbocycles.